The van der Waals surface area contributed by atoms with Crippen molar-refractivity contribution in [1.82, 2.24) is 29.5 Å². The number of anilines is 1. The van der Waals surface area contributed by atoms with Gasteiger partial charge in [-0.25, -0.2) is 4.98 Å². The van der Waals surface area contributed by atoms with E-state index in [-0.39, 0.29) is 35.4 Å². The van der Waals surface area contributed by atoms with Gasteiger partial charge in [0, 0.05) is 69.1 Å². The van der Waals surface area contributed by atoms with Crippen molar-refractivity contribution in [3.63, 3.8) is 0 Å². The lowest BCUT2D eigenvalue weighted by atomic mass is 9.87. The van der Waals surface area contributed by atoms with E-state index in [1.165, 1.54) is 12.8 Å². The molecule has 3 aromatic rings. The summed E-state index contributed by atoms with van der Waals surface area (Å²) in [4.78, 5) is 41.8. The number of rotatable bonds is 5. The average Bonchev–Trinajstić information content (AvgIpc) is 3.70. The van der Waals surface area contributed by atoms with Gasteiger partial charge >= 0.3 is 0 Å². The molecule has 0 bridgehead atoms. The number of hydrogen-bond acceptors (Lipinski definition) is 7. The number of H-pyrrole nitrogens is 1. The Morgan fingerprint density at radius 3 is 2.67 bits per heavy atom. The summed E-state index contributed by atoms with van der Waals surface area (Å²) in [5.74, 6) is 0.922. The Morgan fingerprint density at radius 2 is 1.88 bits per heavy atom. The zero-order valence-corrected chi connectivity index (χ0v) is 24.7. The Bertz CT molecular complexity index is 1650. The number of nitrogens with zero attached hydrogens (tertiary/aromatic N) is 6. The molecule has 42 heavy (non-hydrogen) atoms. The third-order valence-corrected chi connectivity index (χ3v) is 9.66. The highest BCUT2D eigenvalue weighted by Gasteiger charge is 2.34. The summed E-state index contributed by atoms with van der Waals surface area (Å²) in [6.45, 7) is 10.8. The van der Waals surface area contributed by atoms with Crippen LogP contribution < -0.4 is 21.0 Å². The van der Waals surface area contributed by atoms with Gasteiger partial charge in [-0.3, -0.25) is 19.2 Å². The van der Waals surface area contributed by atoms with Gasteiger partial charge in [0.25, 0.3) is 5.56 Å². The van der Waals surface area contributed by atoms with E-state index < -0.39 is 0 Å². The van der Waals surface area contributed by atoms with Crippen LogP contribution in [0.3, 0.4) is 0 Å². The number of fused-ring (bicyclic) bond motifs is 3. The fraction of sp³-hybridized carbons (Fsp3) is 0.562. The molecule has 0 spiro atoms. The van der Waals surface area contributed by atoms with Crippen LogP contribution in [0.5, 0.6) is 0 Å². The van der Waals surface area contributed by atoms with Crippen LogP contribution in [0.15, 0.2) is 29.2 Å². The highest BCUT2D eigenvalue weighted by atomic mass is 16.5. The molecule has 7 rings (SSSR count). The summed E-state index contributed by atoms with van der Waals surface area (Å²) in [6.07, 6.45) is 10.0. The van der Waals surface area contributed by atoms with Gasteiger partial charge in [-0.1, -0.05) is 25.1 Å². The fourth-order valence-corrected chi connectivity index (χ4v) is 7.21. The second kappa shape index (κ2) is 11.3. The lowest BCUT2D eigenvalue weighted by Crippen LogP contribution is -2.55. The van der Waals surface area contributed by atoms with Crippen molar-refractivity contribution in [2.24, 2.45) is 11.8 Å². The minimum Gasteiger partial charge on any atom is -0.381 e. The standard InChI is InChI=1S/C32H41N7O3/c1-21-16-28-26(30-27(31(40)35-28)18-33-39(30)24-8-14-42-15-9-24)17-25(21)32(41)38-13-12-37(22(2)19-38)20-23-6-5-7-29(34-23)36-10-3-4-11-36/h5-7,16-18,21-22,24-25H,3-4,8-15,19-20H2,1-2H3,(H,35,40)/t21?,22-,25?/m0/s1. The summed E-state index contributed by atoms with van der Waals surface area (Å²) in [7, 11) is 0. The molecule has 3 aromatic heterocycles. The predicted octanol–water partition coefficient (Wildman–Crippen LogP) is 1.63. The van der Waals surface area contributed by atoms with Crippen molar-refractivity contribution in [1.29, 1.82) is 0 Å². The fourth-order valence-electron chi connectivity index (χ4n) is 7.21. The molecule has 1 aliphatic carbocycles. The quantitative estimate of drug-likeness (QED) is 0.497. The van der Waals surface area contributed by atoms with Crippen LogP contribution in [0.2, 0.25) is 0 Å². The van der Waals surface area contributed by atoms with Gasteiger partial charge in [0.1, 0.15) is 5.82 Å². The molecule has 3 fully saturated rings. The summed E-state index contributed by atoms with van der Waals surface area (Å²) >= 11 is 0. The van der Waals surface area contributed by atoms with E-state index in [1.54, 1.807) is 6.20 Å². The minimum atomic E-state index is -0.290. The number of carbonyl (C=O) groups excluding carboxylic acids is 1. The normalized spacial score (nSPS) is 25.3. The van der Waals surface area contributed by atoms with Crippen LogP contribution in [0, 0.1) is 11.8 Å². The van der Waals surface area contributed by atoms with E-state index >= 15 is 0 Å². The molecule has 4 aliphatic rings. The maximum atomic E-state index is 14.0. The van der Waals surface area contributed by atoms with Crippen LogP contribution in [-0.2, 0) is 16.1 Å². The average molecular weight is 572 g/mol. The highest BCUT2D eigenvalue weighted by molar-refractivity contribution is 5.88. The van der Waals surface area contributed by atoms with Gasteiger partial charge in [-0.2, -0.15) is 5.10 Å². The van der Waals surface area contributed by atoms with Crippen LogP contribution in [0.25, 0.3) is 23.1 Å². The molecule has 0 aromatic carbocycles. The molecule has 10 nitrogen and oxygen atoms in total. The van der Waals surface area contributed by atoms with Crippen molar-refractivity contribution >= 4 is 34.8 Å². The third-order valence-electron chi connectivity index (χ3n) is 9.66. The molecule has 10 heteroatoms. The maximum absolute atomic E-state index is 14.0. The molecule has 222 valence electrons. The molecule has 3 aliphatic heterocycles. The summed E-state index contributed by atoms with van der Waals surface area (Å²) in [5.41, 5.74) is 1.79. The molecule has 1 N–H and O–H groups in total. The van der Waals surface area contributed by atoms with Crippen molar-refractivity contribution in [2.75, 3.05) is 50.8 Å². The molecule has 0 saturated carbocycles. The number of amides is 1. The summed E-state index contributed by atoms with van der Waals surface area (Å²) in [6, 6.07) is 6.77. The minimum absolute atomic E-state index is 0.0246. The Hall–Kier alpha value is -3.50. The van der Waals surface area contributed by atoms with Crippen LogP contribution in [-0.4, -0.2) is 87.4 Å². The number of nitrogens with one attached hydrogen (secondary N) is 1. The molecule has 1 amide bonds. The molecule has 0 radical (unpaired) electrons. The lowest BCUT2D eigenvalue weighted by Gasteiger charge is -2.41. The molecular formula is C32H41N7O3. The zero-order chi connectivity index (χ0) is 28.8. The highest BCUT2D eigenvalue weighted by Crippen LogP contribution is 2.26. The first kappa shape index (κ1) is 27.3. The van der Waals surface area contributed by atoms with Crippen LogP contribution in [0.1, 0.15) is 51.3 Å². The van der Waals surface area contributed by atoms with Gasteiger partial charge in [-0.15, -0.1) is 0 Å². The lowest BCUT2D eigenvalue weighted by molar-refractivity contribution is -0.137. The van der Waals surface area contributed by atoms with Gasteiger partial charge in [0.2, 0.25) is 5.91 Å². The number of pyridine rings is 2. The van der Waals surface area contributed by atoms with Crippen molar-refractivity contribution in [2.45, 2.75) is 58.2 Å². The number of carbonyl (C=O) groups is 1. The van der Waals surface area contributed by atoms with Gasteiger partial charge < -0.3 is 19.5 Å². The topological polar surface area (TPSA) is 99.6 Å². The first-order valence-electron chi connectivity index (χ1n) is 15.6. The van der Waals surface area contributed by atoms with E-state index in [0.717, 1.165) is 66.6 Å². The number of ether oxygens (including phenoxy) is 1. The van der Waals surface area contributed by atoms with E-state index in [2.05, 4.69) is 64.1 Å². The Balaban J connectivity index is 1.10. The zero-order valence-electron chi connectivity index (χ0n) is 24.7. The van der Waals surface area contributed by atoms with E-state index in [1.807, 2.05) is 9.58 Å². The maximum Gasteiger partial charge on any atom is 0.259 e. The Morgan fingerprint density at radius 1 is 1.07 bits per heavy atom. The first-order valence-corrected chi connectivity index (χ1v) is 15.6. The second-order valence-electron chi connectivity index (χ2n) is 12.5. The van der Waals surface area contributed by atoms with Crippen molar-refractivity contribution < 1.29 is 9.53 Å². The number of hydrogen-bond donors (Lipinski definition) is 1. The van der Waals surface area contributed by atoms with E-state index in [9.17, 15) is 9.59 Å². The van der Waals surface area contributed by atoms with Crippen LogP contribution >= 0.6 is 0 Å². The van der Waals surface area contributed by atoms with Gasteiger partial charge in [0.05, 0.1) is 34.8 Å². The number of aromatic nitrogens is 4. The van der Waals surface area contributed by atoms with E-state index in [4.69, 9.17) is 9.72 Å². The summed E-state index contributed by atoms with van der Waals surface area (Å²) < 4.78 is 7.57. The molecule has 3 saturated heterocycles. The Labute approximate surface area is 245 Å². The van der Waals surface area contributed by atoms with Crippen LogP contribution in [0.4, 0.5) is 5.82 Å². The van der Waals surface area contributed by atoms with Gasteiger partial charge in [0.15, 0.2) is 0 Å². The first-order chi connectivity index (χ1) is 20.5. The summed E-state index contributed by atoms with van der Waals surface area (Å²) in [5, 5.41) is 6.93. The SMILES string of the molecule is CC1C=c2[nH]c(=O)c3cnn(C4CCOCC4)c3c2=CC1C(=O)N1CCN(Cc2cccc(N3CCCC3)n2)[C@@H](C)C1. The third kappa shape index (κ3) is 5.04. The second-order valence-corrected chi connectivity index (χ2v) is 12.5. The molecule has 2 unspecified atom stereocenters. The predicted molar refractivity (Wildman–Crippen MR) is 162 cm³/mol. The number of piperazine rings is 1. The van der Waals surface area contributed by atoms with E-state index in [0.29, 0.717) is 31.7 Å². The Kier molecular flexibility index (Phi) is 7.35. The smallest absolute Gasteiger partial charge is 0.259 e. The number of aromatic amines is 1. The molecule has 6 heterocycles. The monoisotopic (exact) mass is 571 g/mol. The molecular weight excluding hydrogens is 530 g/mol. The van der Waals surface area contributed by atoms with Crippen molar-refractivity contribution in [3.05, 3.63) is 51.0 Å². The molecule has 3 atom stereocenters. The van der Waals surface area contributed by atoms with Gasteiger partial charge in [-0.05, 0) is 50.7 Å². The largest absolute Gasteiger partial charge is 0.381 e. The van der Waals surface area contributed by atoms with Crippen molar-refractivity contribution in [3.8, 4) is 0 Å².